The number of likely N-dealkylation sites (N-methyl/N-ethyl adjacent to an activating group) is 1. The molecular weight excluding hydrogens is 452 g/mol. The number of methoxy groups -OCH3 is 1. The summed E-state index contributed by atoms with van der Waals surface area (Å²) >= 11 is 0. The molecule has 0 aliphatic carbocycles. The molecule has 1 N–H and O–H groups in total. The minimum atomic E-state index is -3.74. The van der Waals surface area contributed by atoms with Crippen LogP contribution in [0.3, 0.4) is 0 Å². The molecule has 1 heterocycles. The Kier molecular flexibility index (Phi) is 7.51. The lowest BCUT2D eigenvalue weighted by atomic mass is 10.1. The molecule has 3 rings (SSSR count). The largest absolute Gasteiger partial charge is 0.493 e. The van der Waals surface area contributed by atoms with E-state index in [0.717, 1.165) is 6.07 Å². The highest BCUT2D eigenvalue weighted by atomic mass is 32.2. The lowest BCUT2D eigenvalue weighted by Crippen LogP contribution is -2.47. The number of benzene rings is 2. The van der Waals surface area contributed by atoms with E-state index in [9.17, 15) is 23.3 Å². The van der Waals surface area contributed by atoms with E-state index in [0.29, 0.717) is 26.2 Å². The molecule has 33 heavy (non-hydrogen) atoms. The number of anilines is 1. The number of ether oxygens (including phenoxy) is 2. The summed E-state index contributed by atoms with van der Waals surface area (Å²) in [5.74, 6) is -0.472. The molecule has 0 bridgehead atoms. The molecule has 1 fully saturated rings. The minimum absolute atomic E-state index is 0.0311. The third-order valence-corrected chi connectivity index (χ3v) is 7.11. The van der Waals surface area contributed by atoms with E-state index in [1.54, 1.807) is 6.92 Å². The predicted molar refractivity (Wildman–Crippen MR) is 121 cm³/mol. The van der Waals surface area contributed by atoms with Crippen LogP contribution in [0.1, 0.15) is 17.3 Å². The number of rotatable bonds is 8. The summed E-state index contributed by atoms with van der Waals surface area (Å²) in [7, 11) is -0.457. The monoisotopic (exact) mass is 478 g/mol. The van der Waals surface area contributed by atoms with Gasteiger partial charge in [0.1, 0.15) is 5.56 Å². The van der Waals surface area contributed by atoms with Crippen molar-refractivity contribution in [1.29, 1.82) is 0 Å². The molecule has 1 aliphatic rings. The number of nitro benzene ring substituents is 1. The van der Waals surface area contributed by atoms with E-state index >= 15 is 0 Å². The number of carbonyl (C=O) groups is 1. The molecule has 0 unspecified atom stereocenters. The van der Waals surface area contributed by atoms with Gasteiger partial charge in [-0.05, 0) is 32.2 Å². The maximum atomic E-state index is 13.0. The molecule has 178 valence electrons. The lowest BCUT2D eigenvalue weighted by molar-refractivity contribution is -0.385. The van der Waals surface area contributed by atoms with E-state index in [2.05, 4.69) is 5.32 Å². The molecule has 0 aromatic heterocycles. The Hall–Kier alpha value is -3.22. The van der Waals surface area contributed by atoms with Crippen LogP contribution in [0.2, 0.25) is 0 Å². The summed E-state index contributed by atoms with van der Waals surface area (Å²) in [4.78, 5) is 25.8. The van der Waals surface area contributed by atoms with Crippen LogP contribution in [0.5, 0.6) is 11.5 Å². The number of amides is 1. The van der Waals surface area contributed by atoms with E-state index in [1.165, 1.54) is 41.7 Å². The zero-order chi connectivity index (χ0) is 24.2. The second kappa shape index (κ2) is 10.1. The van der Waals surface area contributed by atoms with Crippen molar-refractivity contribution in [2.24, 2.45) is 0 Å². The molecule has 2 aromatic carbocycles. The van der Waals surface area contributed by atoms with Crippen LogP contribution in [0.4, 0.5) is 11.4 Å². The fraction of sp³-hybridized carbons (Fsp3) is 0.381. The number of nitrogens with zero attached hydrogens (tertiary/aromatic N) is 3. The number of hydrogen-bond acceptors (Lipinski definition) is 8. The van der Waals surface area contributed by atoms with Crippen molar-refractivity contribution in [3.63, 3.8) is 0 Å². The summed E-state index contributed by atoms with van der Waals surface area (Å²) in [5, 5.41) is 14.1. The molecule has 1 saturated heterocycles. The Labute approximate surface area is 192 Å². The number of piperazine rings is 1. The van der Waals surface area contributed by atoms with Crippen molar-refractivity contribution in [2.75, 3.05) is 52.3 Å². The summed E-state index contributed by atoms with van der Waals surface area (Å²) in [6.07, 6.45) is 0. The topological polar surface area (TPSA) is 131 Å². The standard InChI is InChI=1S/C21H26N4O7S/c1-4-32-20-14-18(25(27)28)17(13-19(20)31-3)21(26)22-15-6-5-7-16(12-15)33(29,30)24-10-8-23(2)9-11-24/h5-7,12-14H,4,8-11H2,1-3H3,(H,22,26). The first-order valence-electron chi connectivity index (χ1n) is 10.3. The number of nitrogens with one attached hydrogen (secondary N) is 1. The third kappa shape index (κ3) is 5.41. The highest BCUT2D eigenvalue weighted by molar-refractivity contribution is 7.89. The quantitative estimate of drug-likeness (QED) is 0.451. The van der Waals surface area contributed by atoms with Gasteiger partial charge in [0.05, 0.1) is 29.6 Å². The zero-order valence-electron chi connectivity index (χ0n) is 18.6. The van der Waals surface area contributed by atoms with Crippen molar-refractivity contribution in [3.05, 3.63) is 52.1 Å². The second-order valence-electron chi connectivity index (χ2n) is 7.40. The molecule has 12 heteroatoms. The fourth-order valence-electron chi connectivity index (χ4n) is 3.42. The smallest absolute Gasteiger partial charge is 0.286 e. The van der Waals surface area contributed by atoms with Gasteiger partial charge >= 0.3 is 0 Å². The van der Waals surface area contributed by atoms with Gasteiger partial charge in [-0.25, -0.2) is 8.42 Å². The molecule has 0 saturated carbocycles. The van der Waals surface area contributed by atoms with Gasteiger partial charge in [0.15, 0.2) is 11.5 Å². The first-order chi connectivity index (χ1) is 15.7. The maximum absolute atomic E-state index is 13.0. The van der Waals surface area contributed by atoms with Gasteiger partial charge in [0, 0.05) is 37.9 Å². The van der Waals surface area contributed by atoms with Crippen LogP contribution in [0.15, 0.2) is 41.3 Å². The van der Waals surface area contributed by atoms with Gasteiger partial charge in [0.25, 0.3) is 11.6 Å². The summed E-state index contributed by atoms with van der Waals surface area (Å²) < 4.78 is 38.0. The Morgan fingerprint density at radius 3 is 2.45 bits per heavy atom. The van der Waals surface area contributed by atoms with Crippen LogP contribution in [0.25, 0.3) is 0 Å². The van der Waals surface area contributed by atoms with Crippen molar-refractivity contribution in [3.8, 4) is 11.5 Å². The molecule has 0 atom stereocenters. The Bertz CT molecular complexity index is 1150. The summed E-state index contributed by atoms with van der Waals surface area (Å²) in [6.45, 7) is 3.96. The minimum Gasteiger partial charge on any atom is -0.493 e. The van der Waals surface area contributed by atoms with E-state index in [-0.39, 0.29) is 34.3 Å². The molecular formula is C21H26N4O7S. The average Bonchev–Trinajstić information content (AvgIpc) is 2.79. The SMILES string of the molecule is CCOc1cc([N+](=O)[O-])c(C(=O)Nc2cccc(S(=O)(=O)N3CCN(C)CC3)c2)cc1OC. The van der Waals surface area contributed by atoms with Crippen LogP contribution in [-0.2, 0) is 10.0 Å². The van der Waals surface area contributed by atoms with Crippen LogP contribution >= 0.6 is 0 Å². The number of hydrogen-bond donors (Lipinski definition) is 1. The average molecular weight is 479 g/mol. The third-order valence-electron chi connectivity index (χ3n) is 5.22. The molecule has 11 nitrogen and oxygen atoms in total. The normalized spacial score (nSPS) is 15.1. The fourth-order valence-corrected chi connectivity index (χ4v) is 4.89. The van der Waals surface area contributed by atoms with Crippen LogP contribution in [0, 0.1) is 10.1 Å². The maximum Gasteiger partial charge on any atom is 0.286 e. The molecule has 0 spiro atoms. The number of carbonyl (C=O) groups excluding carboxylic acids is 1. The Morgan fingerprint density at radius 2 is 1.85 bits per heavy atom. The van der Waals surface area contributed by atoms with E-state index in [1.807, 2.05) is 11.9 Å². The van der Waals surface area contributed by atoms with E-state index in [4.69, 9.17) is 9.47 Å². The van der Waals surface area contributed by atoms with Gasteiger partial charge < -0.3 is 19.7 Å². The molecule has 1 amide bonds. The van der Waals surface area contributed by atoms with Gasteiger partial charge in [-0.2, -0.15) is 4.31 Å². The Balaban J connectivity index is 1.89. The van der Waals surface area contributed by atoms with Gasteiger partial charge in [-0.15, -0.1) is 0 Å². The lowest BCUT2D eigenvalue weighted by Gasteiger charge is -2.31. The zero-order valence-corrected chi connectivity index (χ0v) is 19.4. The number of sulfonamides is 1. The van der Waals surface area contributed by atoms with Crippen molar-refractivity contribution >= 4 is 27.3 Å². The van der Waals surface area contributed by atoms with Crippen molar-refractivity contribution < 1.29 is 27.6 Å². The van der Waals surface area contributed by atoms with Crippen molar-refractivity contribution in [1.82, 2.24) is 9.21 Å². The highest BCUT2D eigenvalue weighted by Gasteiger charge is 2.28. The van der Waals surface area contributed by atoms with Gasteiger partial charge in [0.2, 0.25) is 10.0 Å². The van der Waals surface area contributed by atoms with Gasteiger partial charge in [-0.3, -0.25) is 14.9 Å². The second-order valence-corrected chi connectivity index (χ2v) is 9.34. The van der Waals surface area contributed by atoms with Gasteiger partial charge in [-0.1, -0.05) is 6.07 Å². The van der Waals surface area contributed by atoms with Crippen LogP contribution in [-0.4, -0.2) is 75.4 Å². The van der Waals surface area contributed by atoms with Crippen LogP contribution < -0.4 is 14.8 Å². The van der Waals surface area contributed by atoms with Crippen molar-refractivity contribution in [2.45, 2.75) is 11.8 Å². The molecule has 0 radical (unpaired) electrons. The Morgan fingerprint density at radius 1 is 1.15 bits per heavy atom. The first-order valence-corrected chi connectivity index (χ1v) is 11.7. The number of nitro groups is 1. The molecule has 2 aromatic rings. The predicted octanol–water partition coefficient (Wildman–Crippen LogP) is 2.19. The highest BCUT2D eigenvalue weighted by Crippen LogP contribution is 2.35. The molecule has 1 aliphatic heterocycles. The van der Waals surface area contributed by atoms with E-state index < -0.39 is 26.5 Å². The first kappa shape index (κ1) is 24.4. The summed E-state index contributed by atoms with van der Waals surface area (Å²) in [6, 6.07) is 8.16. The summed E-state index contributed by atoms with van der Waals surface area (Å²) in [5.41, 5.74) is -0.511.